The highest BCUT2D eigenvalue weighted by Crippen LogP contribution is 2.29. The molecular weight excluding hydrogens is 242 g/mol. The minimum atomic E-state index is -0.469. The quantitative estimate of drug-likeness (QED) is 0.843. The topological polar surface area (TPSA) is 61.4 Å². The molecule has 0 bridgehead atoms. The molecule has 0 saturated heterocycles. The summed E-state index contributed by atoms with van der Waals surface area (Å²) in [6, 6.07) is 7.93. The Morgan fingerprint density at radius 3 is 2.84 bits per heavy atom. The summed E-state index contributed by atoms with van der Waals surface area (Å²) in [5.41, 5.74) is 2.35. The molecule has 0 radical (unpaired) electrons. The largest absolute Gasteiger partial charge is 0.359 e. The molecule has 1 unspecified atom stereocenters. The number of para-hydroxylation sites is 1. The van der Waals surface area contributed by atoms with Gasteiger partial charge in [0.15, 0.2) is 0 Å². The van der Waals surface area contributed by atoms with Crippen molar-refractivity contribution in [2.45, 2.75) is 25.8 Å². The van der Waals surface area contributed by atoms with Crippen LogP contribution in [0.25, 0.3) is 0 Å². The maximum Gasteiger partial charge on any atom is 0.321 e. The van der Waals surface area contributed by atoms with Crippen LogP contribution in [0, 0.1) is 0 Å². The lowest BCUT2D eigenvalue weighted by Crippen LogP contribution is -2.47. The van der Waals surface area contributed by atoms with Gasteiger partial charge in [0.1, 0.15) is 0 Å². The van der Waals surface area contributed by atoms with E-state index >= 15 is 0 Å². The Morgan fingerprint density at radius 1 is 1.37 bits per heavy atom. The molecule has 5 nitrogen and oxygen atoms in total. The van der Waals surface area contributed by atoms with Crippen LogP contribution < -0.4 is 15.5 Å². The Bertz CT molecular complexity index is 487. The average Bonchev–Trinajstić information content (AvgIpc) is 2.42. The fraction of sp³-hybridized carbons (Fsp3) is 0.429. The molecule has 1 aromatic rings. The molecule has 102 valence electrons. The number of hydrogen-bond donors (Lipinski definition) is 2. The summed E-state index contributed by atoms with van der Waals surface area (Å²) >= 11 is 0. The molecule has 1 aromatic carbocycles. The summed E-state index contributed by atoms with van der Waals surface area (Å²) in [5, 5.41) is 4.67. The summed E-state index contributed by atoms with van der Waals surface area (Å²) in [6.07, 6.45) is 2.05. The predicted octanol–water partition coefficient (Wildman–Crippen LogP) is 1.28. The van der Waals surface area contributed by atoms with Crippen molar-refractivity contribution in [1.29, 1.82) is 0 Å². The maximum absolute atomic E-state index is 11.8. The summed E-state index contributed by atoms with van der Waals surface area (Å²) < 4.78 is 0. The van der Waals surface area contributed by atoms with E-state index in [0.29, 0.717) is 6.04 Å². The molecule has 19 heavy (non-hydrogen) atoms. The first-order chi connectivity index (χ1) is 9.11. The van der Waals surface area contributed by atoms with Crippen LogP contribution in [-0.2, 0) is 11.2 Å². The Kier molecular flexibility index (Phi) is 4.04. The van der Waals surface area contributed by atoms with Crippen molar-refractivity contribution in [2.24, 2.45) is 0 Å². The van der Waals surface area contributed by atoms with Gasteiger partial charge in [-0.1, -0.05) is 18.2 Å². The Balaban J connectivity index is 2.11. The number of urea groups is 1. The standard InChI is InChI=1S/C14H19N3O2/c1-10-7-8-11-5-3-4-6-12(11)17(10)9-13(18)16-14(19)15-2/h3-6,10H,7-9H2,1-2H3,(H2,15,16,18,19). The Labute approximate surface area is 113 Å². The van der Waals surface area contributed by atoms with E-state index in [1.165, 1.54) is 12.6 Å². The maximum atomic E-state index is 11.8. The van der Waals surface area contributed by atoms with Crippen molar-refractivity contribution in [1.82, 2.24) is 10.6 Å². The van der Waals surface area contributed by atoms with E-state index in [4.69, 9.17) is 0 Å². The fourth-order valence-electron chi connectivity index (χ4n) is 2.38. The molecule has 2 rings (SSSR count). The minimum Gasteiger partial charge on any atom is -0.359 e. The van der Waals surface area contributed by atoms with Crippen molar-refractivity contribution in [3.05, 3.63) is 29.8 Å². The number of amides is 3. The number of aryl methyl sites for hydroxylation is 1. The molecule has 2 N–H and O–H groups in total. The lowest BCUT2D eigenvalue weighted by Gasteiger charge is -2.36. The van der Waals surface area contributed by atoms with E-state index < -0.39 is 6.03 Å². The van der Waals surface area contributed by atoms with Crippen molar-refractivity contribution >= 4 is 17.6 Å². The highest BCUT2D eigenvalue weighted by Gasteiger charge is 2.24. The van der Waals surface area contributed by atoms with Crippen LogP contribution in [0.3, 0.4) is 0 Å². The van der Waals surface area contributed by atoms with Gasteiger partial charge in [-0.2, -0.15) is 0 Å². The molecule has 3 amide bonds. The highest BCUT2D eigenvalue weighted by molar-refractivity contribution is 5.96. The van der Waals surface area contributed by atoms with Gasteiger partial charge in [0.25, 0.3) is 0 Å². The monoisotopic (exact) mass is 261 g/mol. The van der Waals surface area contributed by atoms with Crippen LogP contribution in [0.2, 0.25) is 0 Å². The van der Waals surface area contributed by atoms with Gasteiger partial charge in [0.2, 0.25) is 5.91 Å². The fourth-order valence-corrected chi connectivity index (χ4v) is 2.38. The number of imide groups is 1. The van der Waals surface area contributed by atoms with E-state index in [2.05, 4.69) is 28.5 Å². The minimum absolute atomic E-state index is 0.200. The van der Waals surface area contributed by atoms with Crippen LogP contribution in [0.5, 0.6) is 0 Å². The second-order valence-electron chi connectivity index (χ2n) is 4.77. The first-order valence-electron chi connectivity index (χ1n) is 6.48. The van der Waals surface area contributed by atoms with E-state index in [0.717, 1.165) is 18.5 Å². The normalized spacial score (nSPS) is 17.6. The Morgan fingerprint density at radius 2 is 2.11 bits per heavy atom. The van der Waals surface area contributed by atoms with E-state index in [9.17, 15) is 9.59 Å². The molecule has 1 aliphatic rings. The molecule has 0 aromatic heterocycles. The van der Waals surface area contributed by atoms with Crippen molar-refractivity contribution in [3.8, 4) is 0 Å². The SMILES string of the molecule is CNC(=O)NC(=O)CN1c2ccccc2CCC1C. The summed E-state index contributed by atoms with van der Waals surface area (Å²) in [6.45, 7) is 2.30. The molecule has 1 heterocycles. The molecule has 0 spiro atoms. The van der Waals surface area contributed by atoms with Crippen molar-refractivity contribution in [3.63, 3.8) is 0 Å². The third-order valence-corrected chi connectivity index (χ3v) is 3.46. The average molecular weight is 261 g/mol. The lowest BCUT2D eigenvalue weighted by molar-refractivity contribution is -0.118. The van der Waals surface area contributed by atoms with Crippen LogP contribution in [0.1, 0.15) is 18.9 Å². The van der Waals surface area contributed by atoms with E-state index in [1.54, 1.807) is 0 Å². The van der Waals surface area contributed by atoms with Crippen molar-refractivity contribution < 1.29 is 9.59 Å². The smallest absolute Gasteiger partial charge is 0.321 e. The van der Waals surface area contributed by atoms with Gasteiger partial charge in [-0.05, 0) is 31.4 Å². The Hall–Kier alpha value is -2.04. The zero-order valence-corrected chi connectivity index (χ0v) is 11.3. The number of anilines is 1. The number of nitrogens with zero attached hydrogens (tertiary/aromatic N) is 1. The summed E-state index contributed by atoms with van der Waals surface area (Å²) in [5.74, 6) is -0.289. The van der Waals surface area contributed by atoms with Gasteiger partial charge >= 0.3 is 6.03 Å². The first kappa shape index (κ1) is 13.4. The van der Waals surface area contributed by atoms with Crippen LogP contribution in [0.4, 0.5) is 10.5 Å². The zero-order valence-electron chi connectivity index (χ0n) is 11.3. The summed E-state index contributed by atoms with van der Waals surface area (Å²) in [4.78, 5) is 25.0. The van der Waals surface area contributed by atoms with E-state index in [-0.39, 0.29) is 12.5 Å². The van der Waals surface area contributed by atoms with Crippen LogP contribution in [-0.4, -0.2) is 31.6 Å². The molecule has 1 atom stereocenters. The van der Waals surface area contributed by atoms with Gasteiger partial charge in [-0.25, -0.2) is 4.79 Å². The second kappa shape index (κ2) is 5.73. The second-order valence-corrected chi connectivity index (χ2v) is 4.77. The van der Waals surface area contributed by atoms with Gasteiger partial charge in [-0.3, -0.25) is 10.1 Å². The number of nitrogens with one attached hydrogen (secondary N) is 2. The highest BCUT2D eigenvalue weighted by atomic mass is 16.2. The summed E-state index contributed by atoms with van der Waals surface area (Å²) in [7, 11) is 1.49. The third kappa shape index (κ3) is 3.05. The first-order valence-corrected chi connectivity index (χ1v) is 6.48. The number of hydrogen-bond acceptors (Lipinski definition) is 3. The number of carbonyl (C=O) groups excluding carboxylic acids is 2. The molecule has 5 heteroatoms. The predicted molar refractivity (Wildman–Crippen MR) is 74.2 cm³/mol. The van der Waals surface area contributed by atoms with Gasteiger partial charge in [-0.15, -0.1) is 0 Å². The van der Waals surface area contributed by atoms with Crippen LogP contribution >= 0.6 is 0 Å². The molecule has 0 aliphatic carbocycles. The number of rotatable bonds is 2. The van der Waals surface area contributed by atoms with Crippen molar-refractivity contribution in [2.75, 3.05) is 18.5 Å². The molecule has 0 fully saturated rings. The van der Waals surface area contributed by atoms with Gasteiger partial charge in [0, 0.05) is 18.8 Å². The number of benzene rings is 1. The lowest BCUT2D eigenvalue weighted by atomic mass is 9.97. The van der Waals surface area contributed by atoms with Crippen LogP contribution in [0.15, 0.2) is 24.3 Å². The zero-order chi connectivity index (χ0) is 13.8. The number of fused-ring (bicyclic) bond motifs is 1. The molecular formula is C14H19N3O2. The van der Waals surface area contributed by atoms with Gasteiger partial charge < -0.3 is 10.2 Å². The van der Waals surface area contributed by atoms with E-state index in [1.807, 2.05) is 18.2 Å². The van der Waals surface area contributed by atoms with Gasteiger partial charge in [0.05, 0.1) is 6.54 Å². The number of carbonyl (C=O) groups is 2. The molecule has 1 aliphatic heterocycles. The third-order valence-electron chi connectivity index (χ3n) is 3.46. The molecule has 0 saturated carbocycles.